The Balaban J connectivity index is 1.96. The summed E-state index contributed by atoms with van der Waals surface area (Å²) in [6, 6.07) is 1.41. The molecule has 1 heterocycles. The Morgan fingerprint density at radius 2 is 2.17 bits per heavy atom. The Morgan fingerprint density at radius 1 is 1.48 bits per heavy atom. The highest BCUT2D eigenvalue weighted by molar-refractivity contribution is 7.46. The molecule has 0 bridgehead atoms. The second-order valence-electron chi connectivity index (χ2n) is 6.24. The van der Waals surface area contributed by atoms with Gasteiger partial charge in [0.25, 0.3) is 0 Å². The van der Waals surface area contributed by atoms with Crippen LogP contribution in [0.2, 0.25) is 0 Å². The molecule has 1 aromatic rings. The highest BCUT2D eigenvalue weighted by Gasteiger charge is 2.36. The van der Waals surface area contributed by atoms with E-state index < -0.39 is 20.4 Å². The summed E-state index contributed by atoms with van der Waals surface area (Å²) in [7, 11) is -4.62. The van der Waals surface area contributed by atoms with E-state index >= 15 is 0 Å². The SMILES string of the molecule is C[C@H](c1cc(F)c2c(c1OCOP(=O)(O)O)[C@@H](C)CO2)C1CC1. The molecule has 1 aromatic carbocycles. The predicted octanol–water partition coefficient (Wildman–Crippen LogP) is 3.28. The molecule has 6 nitrogen and oxygen atoms in total. The molecule has 0 spiro atoms. The van der Waals surface area contributed by atoms with E-state index in [-0.39, 0.29) is 17.6 Å². The smallest absolute Gasteiger partial charge is 0.472 e. The van der Waals surface area contributed by atoms with Crippen LogP contribution in [0.1, 0.15) is 49.7 Å². The molecular weight excluding hydrogens is 326 g/mol. The first-order valence-electron chi connectivity index (χ1n) is 7.60. The number of benzene rings is 1. The summed E-state index contributed by atoms with van der Waals surface area (Å²) < 4.78 is 40.4. The summed E-state index contributed by atoms with van der Waals surface area (Å²) in [5, 5.41) is 0. The van der Waals surface area contributed by atoms with Gasteiger partial charge in [-0.25, -0.2) is 13.5 Å². The van der Waals surface area contributed by atoms with Crippen LogP contribution in [-0.2, 0) is 9.09 Å². The van der Waals surface area contributed by atoms with Gasteiger partial charge in [-0.1, -0.05) is 13.8 Å². The van der Waals surface area contributed by atoms with Crippen molar-refractivity contribution in [3.8, 4) is 11.5 Å². The van der Waals surface area contributed by atoms with Crippen molar-refractivity contribution in [2.45, 2.75) is 38.5 Å². The molecule has 0 radical (unpaired) electrons. The van der Waals surface area contributed by atoms with Crippen LogP contribution < -0.4 is 9.47 Å². The van der Waals surface area contributed by atoms with Gasteiger partial charge in [-0.2, -0.15) is 0 Å². The van der Waals surface area contributed by atoms with Gasteiger partial charge in [-0.05, 0) is 30.7 Å². The van der Waals surface area contributed by atoms with Crippen LogP contribution in [0.5, 0.6) is 11.5 Å². The Kier molecular flexibility index (Phi) is 4.40. The fourth-order valence-electron chi connectivity index (χ4n) is 3.04. The zero-order valence-electron chi connectivity index (χ0n) is 13.0. The van der Waals surface area contributed by atoms with Gasteiger partial charge in [-0.3, -0.25) is 0 Å². The molecule has 0 amide bonds. The maximum Gasteiger partial charge on any atom is 0.472 e. The van der Waals surface area contributed by atoms with Crippen molar-refractivity contribution < 1.29 is 32.7 Å². The van der Waals surface area contributed by atoms with Crippen LogP contribution in [0.15, 0.2) is 6.07 Å². The van der Waals surface area contributed by atoms with Crippen LogP contribution in [0.25, 0.3) is 0 Å². The van der Waals surface area contributed by atoms with Gasteiger partial charge in [0.15, 0.2) is 18.4 Å². The van der Waals surface area contributed by atoms with Gasteiger partial charge in [0.1, 0.15) is 5.75 Å². The zero-order chi connectivity index (χ0) is 16.8. The third kappa shape index (κ3) is 3.53. The number of phosphoric acid groups is 1. The standard InChI is InChI=1S/C15H20FO6P/c1-8-6-20-15-12(16)5-11(9(2)10-3-4-10)14(13(8)15)21-7-22-23(17,18)19/h5,8-10H,3-4,6-7H2,1-2H3,(H2,17,18,19)/t8-,9-/m0/s1. The van der Waals surface area contributed by atoms with Crippen molar-refractivity contribution >= 4 is 7.82 Å². The second-order valence-corrected chi connectivity index (χ2v) is 7.48. The molecule has 2 aliphatic rings. The largest absolute Gasteiger partial charge is 0.489 e. The Labute approximate surface area is 133 Å². The van der Waals surface area contributed by atoms with Gasteiger partial charge in [0.2, 0.25) is 0 Å². The fraction of sp³-hybridized carbons (Fsp3) is 0.600. The summed E-state index contributed by atoms with van der Waals surface area (Å²) in [6.07, 6.45) is 2.18. The number of fused-ring (bicyclic) bond motifs is 1. The third-order valence-corrected chi connectivity index (χ3v) is 4.91. The minimum absolute atomic E-state index is 0.0593. The normalized spacial score (nSPS) is 21.7. The van der Waals surface area contributed by atoms with Crippen LogP contribution in [0.3, 0.4) is 0 Å². The summed E-state index contributed by atoms with van der Waals surface area (Å²) in [5.74, 6) is 0.698. The highest BCUT2D eigenvalue weighted by atomic mass is 31.2. The third-order valence-electron chi connectivity index (χ3n) is 4.46. The Bertz CT molecular complexity index is 654. The van der Waals surface area contributed by atoms with E-state index in [1.807, 2.05) is 13.8 Å². The topological polar surface area (TPSA) is 85.2 Å². The first-order chi connectivity index (χ1) is 10.8. The van der Waals surface area contributed by atoms with Crippen LogP contribution in [-0.4, -0.2) is 23.2 Å². The van der Waals surface area contributed by atoms with Gasteiger partial charge < -0.3 is 19.3 Å². The fourth-order valence-corrected chi connectivity index (χ4v) is 3.23. The number of phosphoric ester groups is 1. The first kappa shape index (κ1) is 16.7. The number of ether oxygens (including phenoxy) is 2. The van der Waals surface area contributed by atoms with Crippen molar-refractivity contribution in [2.24, 2.45) is 5.92 Å². The van der Waals surface area contributed by atoms with E-state index in [9.17, 15) is 8.96 Å². The average Bonchev–Trinajstić information content (AvgIpc) is 3.23. The number of rotatable bonds is 6. The molecule has 1 fully saturated rings. The lowest BCUT2D eigenvalue weighted by Gasteiger charge is -2.21. The summed E-state index contributed by atoms with van der Waals surface area (Å²) >= 11 is 0. The minimum Gasteiger partial charge on any atom is -0.489 e. The molecule has 8 heteroatoms. The second kappa shape index (κ2) is 6.06. The molecule has 0 saturated heterocycles. The van der Waals surface area contributed by atoms with E-state index in [4.69, 9.17) is 19.3 Å². The van der Waals surface area contributed by atoms with Crippen LogP contribution in [0.4, 0.5) is 4.39 Å². The van der Waals surface area contributed by atoms with Crippen molar-refractivity contribution in [3.05, 3.63) is 23.0 Å². The predicted molar refractivity (Wildman–Crippen MR) is 80.1 cm³/mol. The summed E-state index contributed by atoms with van der Waals surface area (Å²) in [5.41, 5.74) is 1.32. The van der Waals surface area contributed by atoms with Crippen molar-refractivity contribution in [3.63, 3.8) is 0 Å². The van der Waals surface area contributed by atoms with Crippen molar-refractivity contribution in [1.29, 1.82) is 0 Å². The molecule has 1 aliphatic carbocycles. The Morgan fingerprint density at radius 3 is 2.78 bits per heavy atom. The van der Waals surface area contributed by atoms with E-state index in [0.717, 1.165) is 12.8 Å². The maximum absolute atomic E-state index is 14.3. The molecule has 1 saturated carbocycles. The molecule has 0 unspecified atom stereocenters. The lowest BCUT2D eigenvalue weighted by molar-refractivity contribution is 0.0809. The molecule has 23 heavy (non-hydrogen) atoms. The minimum atomic E-state index is -4.62. The molecule has 2 N–H and O–H groups in total. The number of hydrogen-bond acceptors (Lipinski definition) is 4. The summed E-state index contributed by atoms with van der Waals surface area (Å²) in [4.78, 5) is 17.6. The molecule has 128 valence electrons. The molecule has 3 rings (SSSR count). The maximum atomic E-state index is 14.3. The van der Waals surface area contributed by atoms with Crippen LogP contribution >= 0.6 is 7.82 Å². The lowest BCUT2D eigenvalue weighted by atomic mass is 9.90. The van der Waals surface area contributed by atoms with Crippen molar-refractivity contribution in [2.75, 3.05) is 13.4 Å². The van der Waals surface area contributed by atoms with Gasteiger partial charge in [0, 0.05) is 17.0 Å². The monoisotopic (exact) mass is 346 g/mol. The van der Waals surface area contributed by atoms with Gasteiger partial charge in [0.05, 0.1) is 6.61 Å². The van der Waals surface area contributed by atoms with E-state index in [2.05, 4.69) is 4.52 Å². The number of hydrogen-bond donors (Lipinski definition) is 2. The number of halogens is 1. The van der Waals surface area contributed by atoms with Crippen LogP contribution in [0, 0.1) is 11.7 Å². The van der Waals surface area contributed by atoms with E-state index in [0.29, 0.717) is 29.4 Å². The molecular formula is C15H20FO6P. The summed E-state index contributed by atoms with van der Waals surface area (Å²) in [6.45, 7) is 3.66. The first-order valence-corrected chi connectivity index (χ1v) is 9.13. The van der Waals surface area contributed by atoms with E-state index in [1.54, 1.807) is 0 Å². The van der Waals surface area contributed by atoms with E-state index in [1.165, 1.54) is 6.07 Å². The quantitative estimate of drug-likeness (QED) is 0.607. The lowest BCUT2D eigenvalue weighted by Crippen LogP contribution is -2.09. The molecule has 2 atom stereocenters. The molecule has 0 aromatic heterocycles. The Hall–Kier alpha value is -1.14. The van der Waals surface area contributed by atoms with Crippen molar-refractivity contribution in [1.82, 2.24) is 0 Å². The average molecular weight is 346 g/mol. The zero-order valence-corrected chi connectivity index (χ0v) is 13.9. The van der Waals surface area contributed by atoms with Gasteiger partial charge in [-0.15, -0.1) is 0 Å². The highest BCUT2D eigenvalue weighted by Crippen LogP contribution is 2.51. The van der Waals surface area contributed by atoms with Gasteiger partial charge >= 0.3 is 7.82 Å². The molecule has 1 aliphatic heterocycles.